The molecule has 7 rings (SSSR count). The quantitative estimate of drug-likeness (QED) is 0.490. The van der Waals surface area contributed by atoms with E-state index in [9.17, 15) is 18.8 Å². The lowest BCUT2D eigenvalue weighted by Crippen LogP contribution is -2.54. The highest BCUT2D eigenvalue weighted by molar-refractivity contribution is 6.15. The molecule has 0 aliphatic carbocycles. The van der Waals surface area contributed by atoms with Crippen LogP contribution in [-0.2, 0) is 31.1 Å². The van der Waals surface area contributed by atoms with Crippen LogP contribution in [-0.4, -0.2) is 52.9 Å². The summed E-state index contributed by atoms with van der Waals surface area (Å²) in [6.45, 7) is 0.787. The largest absolute Gasteiger partial charge is 0.376 e. The number of aromatic amines is 1. The Labute approximate surface area is 206 Å². The van der Waals surface area contributed by atoms with E-state index in [-0.39, 0.29) is 18.6 Å². The second kappa shape index (κ2) is 7.72. The summed E-state index contributed by atoms with van der Waals surface area (Å²) in [4.78, 5) is 45.8. The molecule has 4 aliphatic heterocycles. The number of carbonyl (C=O) groups is 3. The maximum absolute atomic E-state index is 14.4. The standard InChI is InChI=1S/C27H25FN4O4/c28-15-7-8-20-18(11-15)27(26(35)30-20)23-22(24(33)32(25(23)34)13-16-4-3-9-36-16)21(31-27)10-14-12-29-19-6-2-1-5-17(14)19/h1-2,5-8,11-12,16,21-23,29,31H,3-4,9-10,13H2,(H,30,35)/t16?,21?,22-,23+,27+/m0/s1. The minimum absolute atomic E-state index is 0.179. The number of amides is 3. The highest BCUT2D eigenvalue weighted by Gasteiger charge is 2.70. The summed E-state index contributed by atoms with van der Waals surface area (Å²) in [6.07, 6.45) is 3.80. The van der Waals surface area contributed by atoms with E-state index in [4.69, 9.17) is 4.74 Å². The van der Waals surface area contributed by atoms with Crippen LogP contribution in [0.25, 0.3) is 10.9 Å². The lowest BCUT2D eigenvalue weighted by Gasteiger charge is -2.30. The fourth-order valence-electron chi connectivity index (χ4n) is 6.72. The Hall–Kier alpha value is -3.56. The topological polar surface area (TPSA) is 104 Å². The van der Waals surface area contributed by atoms with Gasteiger partial charge in [0.1, 0.15) is 11.4 Å². The van der Waals surface area contributed by atoms with Crippen molar-refractivity contribution in [2.24, 2.45) is 11.8 Å². The van der Waals surface area contributed by atoms with Gasteiger partial charge < -0.3 is 15.0 Å². The Bertz CT molecular complexity index is 1430. The zero-order valence-corrected chi connectivity index (χ0v) is 19.4. The molecule has 5 heterocycles. The average molecular weight is 489 g/mol. The first-order valence-corrected chi connectivity index (χ1v) is 12.4. The van der Waals surface area contributed by atoms with Crippen LogP contribution in [0.5, 0.6) is 0 Å². The van der Waals surface area contributed by atoms with E-state index < -0.39 is 41.0 Å². The molecule has 3 fully saturated rings. The number of para-hydroxylation sites is 1. The van der Waals surface area contributed by atoms with Gasteiger partial charge in [-0.05, 0) is 49.1 Å². The molecule has 36 heavy (non-hydrogen) atoms. The summed E-state index contributed by atoms with van der Waals surface area (Å²) in [5.41, 5.74) is 1.27. The number of benzene rings is 2. The van der Waals surface area contributed by atoms with Gasteiger partial charge in [0.05, 0.1) is 24.5 Å². The minimum Gasteiger partial charge on any atom is -0.376 e. The first-order valence-electron chi connectivity index (χ1n) is 12.4. The SMILES string of the molecule is O=C1[C@H]2C(Cc3c[nH]c4ccccc34)N[C@@]3(C(=O)Nc4ccc(F)cc43)[C@H]2C(=O)N1CC1CCCO1. The van der Waals surface area contributed by atoms with Gasteiger partial charge in [-0.2, -0.15) is 0 Å². The fourth-order valence-corrected chi connectivity index (χ4v) is 6.72. The normalized spacial score (nSPS) is 31.0. The van der Waals surface area contributed by atoms with E-state index in [0.717, 1.165) is 29.3 Å². The van der Waals surface area contributed by atoms with Crippen molar-refractivity contribution in [3.63, 3.8) is 0 Å². The Balaban J connectivity index is 1.33. The predicted molar refractivity (Wildman–Crippen MR) is 128 cm³/mol. The van der Waals surface area contributed by atoms with Gasteiger partial charge in [-0.25, -0.2) is 4.39 Å². The molecule has 4 aliphatic rings. The smallest absolute Gasteiger partial charge is 0.250 e. The van der Waals surface area contributed by atoms with E-state index in [1.165, 1.54) is 23.1 Å². The number of H-pyrrole nitrogens is 1. The van der Waals surface area contributed by atoms with Gasteiger partial charge in [-0.3, -0.25) is 24.6 Å². The zero-order valence-electron chi connectivity index (χ0n) is 19.4. The summed E-state index contributed by atoms with van der Waals surface area (Å²) < 4.78 is 20.1. The molecule has 1 spiro atoms. The molecule has 0 bridgehead atoms. The first kappa shape index (κ1) is 21.7. The number of anilines is 1. The van der Waals surface area contributed by atoms with Gasteiger partial charge >= 0.3 is 0 Å². The van der Waals surface area contributed by atoms with Gasteiger partial charge in [-0.15, -0.1) is 0 Å². The van der Waals surface area contributed by atoms with Crippen LogP contribution in [0.2, 0.25) is 0 Å². The van der Waals surface area contributed by atoms with Crippen molar-refractivity contribution in [2.75, 3.05) is 18.5 Å². The van der Waals surface area contributed by atoms with Crippen LogP contribution < -0.4 is 10.6 Å². The molecule has 2 unspecified atom stereocenters. The van der Waals surface area contributed by atoms with Crippen molar-refractivity contribution in [1.82, 2.24) is 15.2 Å². The summed E-state index contributed by atoms with van der Waals surface area (Å²) in [6, 6.07) is 11.4. The number of rotatable bonds is 4. The third-order valence-electron chi connectivity index (χ3n) is 8.29. The number of fused-ring (bicyclic) bond motifs is 5. The van der Waals surface area contributed by atoms with Gasteiger partial charge in [0.15, 0.2) is 0 Å². The molecule has 8 nitrogen and oxygen atoms in total. The summed E-state index contributed by atoms with van der Waals surface area (Å²) in [7, 11) is 0. The molecule has 3 amide bonds. The fraction of sp³-hybridized carbons (Fsp3) is 0.370. The first-order chi connectivity index (χ1) is 17.5. The number of nitrogens with one attached hydrogen (secondary N) is 3. The van der Waals surface area contributed by atoms with Crippen molar-refractivity contribution in [2.45, 2.75) is 36.9 Å². The monoisotopic (exact) mass is 488 g/mol. The van der Waals surface area contributed by atoms with Crippen LogP contribution >= 0.6 is 0 Å². The molecule has 3 aromatic rings. The Morgan fingerprint density at radius 3 is 2.81 bits per heavy atom. The van der Waals surface area contributed by atoms with E-state index in [2.05, 4.69) is 15.6 Å². The number of aromatic nitrogens is 1. The van der Waals surface area contributed by atoms with Gasteiger partial charge in [-0.1, -0.05) is 18.2 Å². The molecule has 5 atom stereocenters. The number of ether oxygens (including phenoxy) is 1. The Kier molecular flexibility index (Phi) is 4.65. The molecule has 3 N–H and O–H groups in total. The second-order valence-corrected chi connectivity index (χ2v) is 10.2. The molecule has 9 heteroatoms. The lowest BCUT2D eigenvalue weighted by atomic mass is 9.76. The molecule has 1 aromatic heterocycles. The molecule has 0 radical (unpaired) electrons. The number of likely N-dealkylation sites (tertiary alicyclic amines) is 1. The van der Waals surface area contributed by atoms with Gasteiger partial charge in [0.25, 0.3) is 0 Å². The molecular weight excluding hydrogens is 463 g/mol. The van der Waals surface area contributed by atoms with Crippen LogP contribution in [0.1, 0.15) is 24.0 Å². The van der Waals surface area contributed by atoms with Crippen molar-refractivity contribution in [3.05, 3.63) is 65.6 Å². The number of imide groups is 1. The second-order valence-electron chi connectivity index (χ2n) is 10.2. The third kappa shape index (κ3) is 2.90. The number of carbonyl (C=O) groups excluding carboxylic acids is 3. The minimum atomic E-state index is -1.52. The number of hydrogen-bond acceptors (Lipinski definition) is 5. The van der Waals surface area contributed by atoms with Crippen LogP contribution in [0.3, 0.4) is 0 Å². The Morgan fingerprint density at radius 2 is 1.97 bits per heavy atom. The Morgan fingerprint density at radius 1 is 1.11 bits per heavy atom. The number of hydrogen-bond donors (Lipinski definition) is 3. The van der Waals surface area contributed by atoms with Gasteiger partial charge in [0, 0.05) is 41.0 Å². The molecule has 3 saturated heterocycles. The third-order valence-corrected chi connectivity index (χ3v) is 8.29. The van der Waals surface area contributed by atoms with Crippen molar-refractivity contribution in [1.29, 1.82) is 0 Å². The van der Waals surface area contributed by atoms with E-state index in [1.807, 2.05) is 30.5 Å². The van der Waals surface area contributed by atoms with Crippen LogP contribution in [0.15, 0.2) is 48.7 Å². The highest BCUT2D eigenvalue weighted by atomic mass is 19.1. The summed E-state index contributed by atoms with van der Waals surface area (Å²) in [5, 5.41) is 7.23. The van der Waals surface area contributed by atoms with E-state index in [0.29, 0.717) is 24.3 Å². The average Bonchev–Trinajstić information content (AvgIpc) is 3.67. The van der Waals surface area contributed by atoms with Crippen molar-refractivity contribution < 1.29 is 23.5 Å². The van der Waals surface area contributed by atoms with Crippen molar-refractivity contribution >= 4 is 34.3 Å². The molecule has 0 saturated carbocycles. The van der Waals surface area contributed by atoms with Gasteiger partial charge in [0.2, 0.25) is 17.7 Å². The maximum atomic E-state index is 14.4. The summed E-state index contributed by atoms with van der Waals surface area (Å²) in [5.74, 6) is -3.36. The summed E-state index contributed by atoms with van der Waals surface area (Å²) >= 11 is 0. The van der Waals surface area contributed by atoms with E-state index in [1.54, 1.807) is 0 Å². The zero-order chi connectivity index (χ0) is 24.6. The predicted octanol–water partition coefficient (Wildman–Crippen LogP) is 2.45. The maximum Gasteiger partial charge on any atom is 0.250 e. The van der Waals surface area contributed by atoms with Crippen LogP contribution in [0.4, 0.5) is 10.1 Å². The number of halogens is 1. The molecule has 184 valence electrons. The molecule has 2 aromatic carbocycles. The van der Waals surface area contributed by atoms with E-state index >= 15 is 0 Å². The lowest BCUT2D eigenvalue weighted by molar-refractivity contribution is -0.144. The highest BCUT2D eigenvalue weighted by Crippen LogP contribution is 2.53. The van der Waals surface area contributed by atoms with Crippen LogP contribution in [0, 0.1) is 17.7 Å². The number of nitrogens with zero attached hydrogens (tertiary/aromatic N) is 1. The van der Waals surface area contributed by atoms with Crippen molar-refractivity contribution in [3.8, 4) is 0 Å². The molecular formula is C27H25FN4O4.